The third-order valence-corrected chi connectivity index (χ3v) is 4.07. The summed E-state index contributed by atoms with van der Waals surface area (Å²) in [6.07, 6.45) is 5.42. The zero-order chi connectivity index (χ0) is 15.1. The number of halogens is 1. The van der Waals surface area contributed by atoms with Gasteiger partial charge in [-0.3, -0.25) is 0 Å². The van der Waals surface area contributed by atoms with Gasteiger partial charge in [-0.2, -0.15) is 0 Å². The Morgan fingerprint density at radius 2 is 1.71 bits per heavy atom. The molecule has 1 heteroatoms. The summed E-state index contributed by atoms with van der Waals surface area (Å²) in [5.74, 6) is 0. The number of rotatable bonds is 8. The molecule has 0 nitrogen and oxygen atoms in total. The van der Waals surface area contributed by atoms with Gasteiger partial charge in [0.15, 0.2) is 0 Å². The van der Waals surface area contributed by atoms with Crippen LogP contribution in [-0.2, 0) is 0 Å². The van der Waals surface area contributed by atoms with Crippen molar-refractivity contribution in [3.63, 3.8) is 0 Å². The van der Waals surface area contributed by atoms with E-state index >= 15 is 0 Å². The van der Waals surface area contributed by atoms with Crippen molar-refractivity contribution < 1.29 is 4.39 Å². The van der Waals surface area contributed by atoms with Crippen molar-refractivity contribution in [2.45, 2.75) is 51.6 Å². The summed E-state index contributed by atoms with van der Waals surface area (Å²) in [4.78, 5) is 0. The Kier molecular flexibility index (Phi) is 5.98. The lowest BCUT2D eigenvalue weighted by atomic mass is 9.94. The van der Waals surface area contributed by atoms with Crippen LogP contribution in [0.3, 0.4) is 0 Å². The Bertz CT molecular complexity index is 580. The van der Waals surface area contributed by atoms with E-state index in [4.69, 9.17) is 0 Å². The van der Waals surface area contributed by atoms with Gasteiger partial charge in [0.05, 0.1) is 0 Å². The van der Waals surface area contributed by atoms with E-state index in [0.29, 0.717) is 12.0 Å². The van der Waals surface area contributed by atoms with Crippen LogP contribution < -0.4 is 0 Å². The smallest absolute Gasteiger partial charge is 0.125 e. The van der Waals surface area contributed by atoms with E-state index in [-0.39, 0.29) is 0 Å². The molecule has 0 heterocycles. The van der Waals surface area contributed by atoms with Gasteiger partial charge in [-0.25, -0.2) is 4.39 Å². The van der Waals surface area contributed by atoms with Gasteiger partial charge in [-0.1, -0.05) is 88.1 Å². The fraction of sp³-hybridized carbons (Fsp3) is 0.400. The standard InChI is InChI=1S/C20H25F/c1-3-4-5-6-7-15-20(21)16(2)18-14-10-12-17-11-8-9-13-19(17)18/h8-14,20H,2-7,15H2,1H3. The molecule has 0 aliphatic heterocycles. The topological polar surface area (TPSA) is 0 Å². The van der Waals surface area contributed by atoms with Crippen LogP contribution in [-0.4, -0.2) is 6.17 Å². The molecule has 0 amide bonds. The Hall–Kier alpha value is -1.63. The summed E-state index contributed by atoms with van der Waals surface area (Å²) in [7, 11) is 0. The monoisotopic (exact) mass is 284 g/mol. The molecule has 2 rings (SSSR count). The van der Waals surface area contributed by atoms with E-state index in [0.717, 1.165) is 29.2 Å². The van der Waals surface area contributed by atoms with E-state index in [2.05, 4.69) is 25.6 Å². The minimum atomic E-state index is -0.933. The third-order valence-electron chi connectivity index (χ3n) is 4.07. The summed E-state index contributed by atoms with van der Waals surface area (Å²) in [6, 6.07) is 14.1. The molecule has 112 valence electrons. The van der Waals surface area contributed by atoms with Crippen molar-refractivity contribution in [1.82, 2.24) is 0 Å². The quantitative estimate of drug-likeness (QED) is 0.482. The van der Waals surface area contributed by atoms with Gasteiger partial charge in [-0.05, 0) is 28.3 Å². The second-order valence-electron chi connectivity index (χ2n) is 5.72. The molecule has 0 bridgehead atoms. The zero-order valence-corrected chi connectivity index (χ0v) is 12.9. The van der Waals surface area contributed by atoms with Gasteiger partial charge < -0.3 is 0 Å². The molecule has 0 aliphatic rings. The molecular weight excluding hydrogens is 259 g/mol. The summed E-state index contributed by atoms with van der Waals surface area (Å²) in [5, 5.41) is 2.24. The van der Waals surface area contributed by atoms with Crippen molar-refractivity contribution in [2.24, 2.45) is 0 Å². The molecule has 1 atom stereocenters. The van der Waals surface area contributed by atoms with Crippen LogP contribution in [0, 0.1) is 0 Å². The number of alkyl halides is 1. The largest absolute Gasteiger partial charge is 0.242 e. The van der Waals surface area contributed by atoms with Crippen LogP contribution in [0.4, 0.5) is 4.39 Å². The number of benzene rings is 2. The van der Waals surface area contributed by atoms with Crippen LogP contribution in [0.2, 0.25) is 0 Å². The minimum Gasteiger partial charge on any atom is -0.242 e. The maximum atomic E-state index is 14.4. The number of hydrogen-bond acceptors (Lipinski definition) is 0. The molecule has 2 aromatic carbocycles. The lowest BCUT2D eigenvalue weighted by Gasteiger charge is -2.14. The van der Waals surface area contributed by atoms with Crippen LogP contribution in [0.5, 0.6) is 0 Å². The lowest BCUT2D eigenvalue weighted by Crippen LogP contribution is -2.03. The molecule has 0 aromatic heterocycles. The van der Waals surface area contributed by atoms with Gasteiger partial charge in [0, 0.05) is 0 Å². The van der Waals surface area contributed by atoms with Crippen molar-refractivity contribution in [1.29, 1.82) is 0 Å². The number of allylic oxidation sites excluding steroid dienone is 1. The normalized spacial score (nSPS) is 12.5. The summed E-state index contributed by atoms with van der Waals surface area (Å²) in [6.45, 7) is 6.21. The number of hydrogen-bond donors (Lipinski definition) is 0. The van der Waals surface area contributed by atoms with E-state index in [1.165, 1.54) is 19.3 Å². The highest BCUT2D eigenvalue weighted by Crippen LogP contribution is 2.29. The maximum absolute atomic E-state index is 14.4. The fourth-order valence-corrected chi connectivity index (χ4v) is 2.78. The second-order valence-corrected chi connectivity index (χ2v) is 5.72. The molecule has 1 unspecified atom stereocenters. The predicted octanol–water partition coefficient (Wildman–Crippen LogP) is 6.55. The van der Waals surface area contributed by atoms with E-state index < -0.39 is 6.17 Å². The van der Waals surface area contributed by atoms with Crippen LogP contribution in [0.1, 0.15) is 51.0 Å². The number of fused-ring (bicyclic) bond motifs is 1. The SMILES string of the molecule is C=C(c1cccc2ccccc12)C(F)CCCCCCC. The molecule has 0 aliphatic carbocycles. The average molecular weight is 284 g/mol. The van der Waals surface area contributed by atoms with Gasteiger partial charge in [-0.15, -0.1) is 0 Å². The lowest BCUT2D eigenvalue weighted by molar-refractivity contribution is 0.376. The Balaban J connectivity index is 2.01. The molecule has 0 fully saturated rings. The highest BCUT2D eigenvalue weighted by molar-refractivity contribution is 5.94. The molecule has 0 spiro atoms. The Morgan fingerprint density at radius 1 is 1.00 bits per heavy atom. The highest BCUT2D eigenvalue weighted by Gasteiger charge is 2.14. The van der Waals surface area contributed by atoms with Crippen molar-refractivity contribution in [3.8, 4) is 0 Å². The molecular formula is C20H25F. The molecule has 0 saturated carbocycles. The maximum Gasteiger partial charge on any atom is 0.125 e. The predicted molar refractivity (Wildman–Crippen MR) is 91.3 cm³/mol. The van der Waals surface area contributed by atoms with E-state index in [9.17, 15) is 4.39 Å². The van der Waals surface area contributed by atoms with Gasteiger partial charge >= 0.3 is 0 Å². The first kappa shape index (κ1) is 15.8. The van der Waals surface area contributed by atoms with Crippen LogP contribution in [0.15, 0.2) is 49.0 Å². The fourth-order valence-electron chi connectivity index (χ4n) is 2.78. The average Bonchev–Trinajstić information content (AvgIpc) is 2.53. The molecule has 2 aromatic rings. The molecule has 0 radical (unpaired) electrons. The van der Waals surface area contributed by atoms with Crippen LogP contribution in [0.25, 0.3) is 16.3 Å². The first-order chi connectivity index (χ1) is 10.2. The second kappa shape index (κ2) is 7.97. The number of unbranched alkanes of at least 4 members (excludes halogenated alkanes) is 4. The minimum absolute atomic E-state index is 0.589. The summed E-state index contributed by atoms with van der Waals surface area (Å²) < 4.78 is 14.4. The molecule has 0 saturated heterocycles. The van der Waals surface area contributed by atoms with E-state index in [1.807, 2.05) is 30.3 Å². The Labute approximate surface area is 127 Å². The van der Waals surface area contributed by atoms with Gasteiger partial charge in [0.2, 0.25) is 0 Å². The van der Waals surface area contributed by atoms with Crippen molar-refractivity contribution >= 4 is 16.3 Å². The molecule has 0 N–H and O–H groups in total. The summed E-state index contributed by atoms with van der Waals surface area (Å²) >= 11 is 0. The third kappa shape index (κ3) is 4.17. The zero-order valence-electron chi connectivity index (χ0n) is 12.9. The van der Waals surface area contributed by atoms with Crippen LogP contribution >= 0.6 is 0 Å². The van der Waals surface area contributed by atoms with Gasteiger partial charge in [0.1, 0.15) is 6.17 Å². The van der Waals surface area contributed by atoms with Gasteiger partial charge in [0.25, 0.3) is 0 Å². The van der Waals surface area contributed by atoms with Crippen molar-refractivity contribution in [2.75, 3.05) is 0 Å². The Morgan fingerprint density at radius 3 is 2.52 bits per heavy atom. The highest BCUT2D eigenvalue weighted by atomic mass is 19.1. The van der Waals surface area contributed by atoms with Crippen molar-refractivity contribution in [3.05, 3.63) is 54.6 Å². The molecule has 21 heavy (non-hydrogen) atoms. The first-order valence-corrected chi connectivity index (χ1v) is 8.05. The first-order valence-electron chi connectivity index (χ1n) is 8.05. The summed E-state index contributed by atoms with van der Waals surface area (Å²) in [5.41, 5.74) is 1.58. The van der Waals surface area contributed by atoms with E-state index in [1.54, 1.807) is 0 Å².